The maximum absolute atomic E-state index is 12.2. The van der Waals surface area contributed by atoms with Gasteiger partial charge in [0.2, 0.25) is 0 Å². The molecule has 1 fully saturated rings. The number of nitrogens with zero attached hydrogens (tertiary/aromatic N) is 1. The number of carbonyl (C=O) groups is 1. The van der Waals surface area contributed by atoms with E-state index < -0.39 is 5.60 Å². The van der Waals surface area contributed by atoms with Gasteiger partial charge >= 0.3 is 6.09 Å². The SMILES string of the molecule is CC(C)(C)OC(=O)N1CCCC(CNc2ccc(Br)c(Cl)c2Cl)C1. The zero-order valence-corrected chi connectivity index (χ0v) is 17.3. The third kappa shape index (κ3) is 5.43. The number of likely N-dealkylation sites (tertiary alicyclic amines) is 1. The van der Waals surface area contributed by atoms with Crippen LogP contribution >= 0.6 is 39.1 Å². The van der Waals surface area contributed by atoms with Crippen LogP contribution in [0, 0.1) is 5.92 Å². The molecule has 1 saturated heterocycles. The Hall–Kier alpha value is -0.650. The van der Waals surface area contributed by atoms with Crippen molar-refractivity contribution in [3.8, 4) is 0 Å². The van der Waals surface area contributed by atoms with Gasteiger partial charge in [0.15, 0.2) is 0 Å². The molecule has 1 aromatic rings. The van der Waals surface area contributed by atoms with E-state index in [2.05, 4.69) is 21.2 Å². The zero-order valence-electron chi connectivity index (χ0n) is 14.2. The third-order valence-corrected chi connectivity index (χ3v) is 5.56. The molecule has 0 spiro atoms. The number of anilines is 1. The van der Waals surface area contributed by atoms with Crippen LogP contribution in [0.15, 0.2) is 16.6 Å². The molecule has 1 unspecified atom stereocenters. The highest BCUT2D eigenvalue weighted by Gasteiger charge is 2.27. The van der Waals surface area contributed by atoms with Crippen molar-refractivity contribution in [1.29, 1.82) is 0 Å². The van der Waals surface area contributed by atoms with Crippen molar-refractivity contribution in [3.05, 3.63) is 26.7 Å². The van der Waals surface area contributed by atoms with Crippen molar-refractivity contribution in [2.24, 2.45) is 5.92 Å². The Labute approximate surface area is 161 Å². The molecule has 1 aliphatic rings. The minimum Gasteiger partial charge on any atom is -0.444 e. The van der Waals surface area contributed by atoms with Crippen molar-refractivity contribution in [2.45, 2.75) is 39.2 Å². The summed E-state index contributed by atoms with van der Waals surface area (Å²) in [5, 5.41) is 4.35. The molecule has 1 heterocycles. The summed E-state index contributed by atoms with van der Waals surface area (Å²) in [5.74, 6) is 0.352. The Morgan fingerprint density at radius 2 is 2.08 bits per heavy atom. The van der Waals surface area contributed by atoms with Crippen molar-refractivity contribution < 1.29 is 9.53 Å². The predicted molar refractivity (Wildman–Crippen MR) is 103 cm³/mol. The van der Waals surface area contributed by atoms with Gasteiger partial charge in [-0.3, -0.25) is 0 Å². The van der Waals surface area contributed by atoms with E-state index >= 15 is 0 Å². The van der Waals surface area contributed by atoms with E-state index in [-0.39, 0.29) is 6.09 Å². The van der Waals surface area contributed by atoms with Gasteiger partial charge in [0.05, 0.1) is 15.7 Å². The molecule has 7 heteroatoms. The predicted octanol–water partition coefficient (Wildman–Crippen LogP) is 5.81. The molecule has 1 aromatic carbocycles. The number of benzene rings is 1. The monoisotopic (exact) mass is 436 g/mol. The third-order valence-electron chi connectivity index (χ3n) is 3.79. The van der Waals surface area contributed by atoms with Gasteiger partial charge in [-0.2, -0.15) is 0 Å². The van der Waals surface area contributed by atoms with Gasteiger partial charge in [0, 0.05) is 24.1 Å². The molecule has 1 N–H and O–H groups in total. The number of hydrogen-bond donors (Lipinski definition) is 1. The lowest BCUT2D eigenvalue weighted by molar-refractivity contribution is 0.0172. The van der Waals surface area contributed by atoms with Gasteiger partial charge in [-0.25, -0.2) is 4.79 Å². The highest BCUT2D eigenvalue weighted by atomic mass is 79.9. The van der Waals surface area contributed by atoms with E-state index in [9.17, 15) is 4.79 Å². The molecular weight excluding hydrogens is 415 g/mol. The Morgan fingerprint density at radius 3 is 2.75 bits per heavy atom. The van der Waals surface area contributed by atoms with Crippen LogP contribution in [0.5, 0.6) is 0 Å². The zero-order chi connectivity index (χ0) is 17.9. The lowest BCUT2D eigenvalue weighted by atomic mass is 9.98. The highest BCUT2D eigenvalue weighted by molar-refractivity contribution is 9.10. The fourth-order valence-corrected chi connectivity index (χ4v) is 3.48. The summed E-state index contributed by atoms with van der Waals surface area (Å²) >= 11 is 15.8. The number of carbonyl (C=O) groups excluding carboxylic acids is 1. The van der Waals surface area contributed by atoms with Gasteiger partial charge < -0.3 is 15.0 Å². The first-order valence-corrected chi connectivity index (χ1v) is 9.57. The molecule has 1 amide bonds. The fourth-order valence-electron chi connectivity index (χ4n) is 2.64. The fraction of sp³-hybridized carbons (Fsp3) is 0.588. The van der Waals surface area contributed by atoms with E-state index in [0.717, 1.165) is 36.1 Å². The van der Waals surface area contributed by atoms with E-state index in [1.54, 1.807) is 4.90 Å². The Bertz CT molecular complexity index is 605. The normalized spacial score (nSPS) is 18.4. The average Bonchev–Trinajstić information content (AvgIpc) is 2.51. The van der Waals surface area contributed by atoms with Crippen molar-refractivity contribution in [3.63, 3.8) is 0 Å². The van der Waals surface area contributed by atoms with E-state index in [1.807, 2.05) is 32.9 Å². The minimum absolute atomic E-state index is 0.239. The summed E-state index contributed by atoms with van der Waals surface area (Å²) in [6, 6.07) is 3.76. The van der Waals surface area contributed by atoms with E-state index in [0.29, 0.717) is 22.5 Å². The Morgan fingerprint density at radius 1 is 1.38 bits per heavy atom. The molecule has 0 aromatic heterocycles. The van der Waals surface area contributed by atoms with Crippen LogP contribution in [0.1, 0.15) is 33.6 Å². The molecule has 0 bridgehead atoms. The standard InChI is InChI=1S/C17H23BrCl2N2O2/c1-17(2,3)24-16(23)22-8-4-5-11(10-22)9-21-13-7-6-12(18)14(19)15(13)20/h6-7,11,21H,4-5,8-10H2,1-3H3. The minimum atomic E-state index is -0.468. The lowest BCUT2D eigenvalue weighted by Crippen LogP contribution is -2.44. The largest absolute Gasteiger partial charge is 0.444 e. The smallest absolute Gasteiger partial charge is 0.410 e. The van der Waals surface area contributed by atoms with Crippen LogP contribution in [0.3, 0.4) is 0 Å². The average molecular weight is 438 g/mol. The van der Waals surface area contributed by atoms with Gasteiger partial charge in [-0.1, -0.05) is 23.2 Å². The second-order valence-electron chi connectivity index (χ2n) is 7.04. The first-order valence-electron chi connectivity index (χ1n) is 8.02. The molecule has 4 nitrogen and oxygen atoms in total. The number of hydrogen-bond acceptors (Lipinski definition) is 3. The number of rotatable bonds is 3. The van der Waals surface area contributed by atoms with Gasteiger partial charge in [-0.05, 0) is 67.6 Å². The van der Waals surface area contributed by atoms with Crippen molar-refractivity contribution in [1.82, 2.24) is 4.90 Å². The number of ether oxygens (including phenoxy) is 1. The Balaban J connectivity index is 1.92. The van der Waals surface area contributed by atoms with Gasteiger partial charge in [0.1, 0.15) is 5.60 Å². The molecule has 0 saturated carbocycles. The first kappa shape index (κ1) is 19.7. The van der Waals surface area contributed by atoms with Crippen LogP contribution < -0.4 is 5.32 Å². The maximum Gasteiger partial charge on any atom is 0.410 e. The number of piperidine rings is 1. The highest BCUT2D eigenvalue weighted by Crippen LogP contribution is 2.36. The quantitative estimate of drug-likeness (QED) is 0.606. The summed E-state index contributed by atoms with van der Waals surface area (Å²) in [6.07, 6.45) is 1.80. The van der Waals surface area contributed by atoms with E-state index in [1.165, 1.54) is 0 Å². The number of amides is 1. The molecule has 134 valence electrons. The summed E-state index contributed by atoms with van der Waals surface area (Å²) in [5.41, 5.74) is 0.337. The molecule has 24 heavy (non-hydrogen) atoms. The summed E-state index contributed by atoms with van der Waals surface area (Å²) in [6.45, 7) is 7.81. The summed E-state index contributed by atoms with van der Waals surface area (Å²) < 4.78 is 6.23. The van der Waals surface area contributed by atoms with Crippen LogP contribution in [-0.4, -0.2) is 36.2 Å². The first-order chi connectivity index (χ1) is 11.2. The molecule has 0 aliphatic carbocycles. The summed E-state index contributed by atoms with van der Waals surface area (Å²) in [4.78, 5) is 14.0. The van der Waals surface area contributed by atoms with Crippen LogP contribution in [0.25, 0.3) is 0 Å². The number of nitrogens with one attached hydrogen (secondary N) is 1. The van der Waals surface area contributed by atoms with Gasteiger partial charge in [-0.15, -0.1) is 0 Å². The maximum atomic E-state index is 12.2. The van der Waals surface area contributed by atoms with Crippen LogP contribution in [-0.2, 0) is 4.74 Å². The lowest BCUT2D eigenvalue weighted by Gasteiger charge is -2.34. The summed E-state index contributed by atoms with van der Waals surface area (Å²) in [7, 11) is 0. The van der Waals surface area contributed by atoms with E-state index in [4.69, 9.17) is 27.9 Å². The molecule has 2 rings (SSSR count). The van der Waals surface area contributed by atoms with Crippen molar-refractivity contribution >= 4 is 50.9 Å². The molecule has 1 atom stereocenters. The van der Waals surface area contributed by atoms with Crippen LogP contribution in [0.2, 0.25) is 10.0 Å². The van der Waals surface area contributed by atoms with Crippen LogP contribution in [0.4, 0.5) is 10.5 Å². The Kier molecular flexibility index (Phi) is 6.68. The second-order valence-corrected chi connectivity index (χ2v) is 8.65. The molecular formula is C17H23BrCl2N2O2. The molecule has 1 aliphatic heterocycles. The second kappa shape index (κ2) is 8.15. The molecule has 0 radical (unpaired) electrons. The number of halogens is 3. The topological polar surface area (TPSA) is 41.6 Å². The van der Waals surface area contributed by atoms with Crippen molar-refractivity contribution in [2.75, 3.05) is 25.0 Å². The van der Waals surface area contributed by atoms with Gasteiger partial charge in [0.25, 0.3) is 0 Å².